The number of aromatic nitrogens is 3. The molecule has 0 bridgehead atoms. The van der Waals surface area contributed by atoms with Crippen molar-refractivity contribution in [1.82, 2.24) is 14.6 Å². The minimum atomic E-state index is -0.187. The van der Waals surface area contributed by atoms with E-state index in [-0.39, 0.29) is 5.69 Å². The summed E-state index contributed by atoms with van der Waals surface area (Å²) in [4.78, 5) is 11.0. The molecule has 0 saturated carbocycles. The van der Waals surface area contributed by atoms with Crippen molar-refractivity contribution >= 4 is 5.65 Å². The lowest BCUT2D eigenvalue weighted by molar-refractivity contribution is 1.02. The van der Waals surface area contributed by atoms with Crippen LogP contribution in [0.25, 0.3) is 5.65 Å². The molecule has 0 aromatic carbocycles. The van der Waals surface area contributed by atoms with Crippen molar-refractivity contribution in [3.63, 3.8) is 0 Å². The van der Waals surface area contributed by atoms with E-state index < -0.39 is 0 Å². The zero-order chi connectivity index (χ0) is 8.55. The lowest BCUT2D eigenvalue weighted by Crippen LogP contribution is -2.08. The molecule has 4 nitrogen and oxygen atoms in total. The number of pyridine rings is 1. The van der Waals surface area contributed by atoms with Crippen molar-refractivity contribution in [2.45, 2.75) is 13.3 Å². The van der Waals surface area contributed by atoms with Crippen LogP contribution in [0.3, 0.4) is 0 Å². The second-order valence-corrected chi connectivity index (χ2v) is 2.65. The van der Waals surface area contributed by atoms with Crippen LogP contribution in [-0.4, -0.2) is 14.6 Å². The minimum Gasteiger partial charge on any atom is -0.250 e. The summed E-state index contributed by atoms with van der Waals surface area (Å²) in [5.74, 6) is 0. The smallest absolute Gasteiger partial charge is 0.250 e. The molecule has 2 aromatic heterocycles. The molecular formula is C8H9N3O. The molecule has 2 rings (SSSR count). The van der Waals surface area contributed by atoms with Crippen LogP contribution < -0.4 is 5.69 Å². The Labute approximate surface area is 68.8 Å². The fourth-order valence-electron chi connectivity index (χ4n) is 1.17. The zero-order valence-corrected chi connectivity index (χ0v) is 6.74. The lowest BCUT2D eigenvalue weighted by atomic mass is 10.2. The fraction of sp³-hybridized carbons (Fsp3) is 0.250. The van der Waals surface area contributed by atoms with Gasteiger partial charge in [0.1, 0.15) is 0 Å². The Balaban J connectivity index is 2.77. The summed E-state index contributed by atoms with van der Waals surface area (Å²) in [6, 6.07) is 3.82. The molecule has 0 amide bonds. The number of nitrogens with zero attached hydrogens (tertiary/aromatic N) is 2. The predicted molar refractivity (Wildman–Crippen MR) is 45.2 cm³/mol. The molecule has 0 atom stereocenters. The van der Waals surface area contributed by atoms with Crippen LogP contribution >= 0.6 is 0 Å². The van der Waals surface area contributed by atoms with Gasteiger partial charge in [0.25, 0.3) is 0 Å². The molecule has 2 heterocycles. The first-order valence-electron chi connectivity index (χ1n) is 3.87. The van der Waals surface area contributed by atoms with Gasteiger partial charge >= 0.3 is 5.69 Å². The third-order valence-corrected chi connectivity index (χ3v) is 1.89. The van der Waals surface area contributed by atoms with Crippen molar-refractivity contribution in [1.29, 1.82) is 0 Å². The monoisotopic (exact) mass is 163 g/mol. The molecule has 4 heteroatoms. The number of nitrogens with one attached hydrogen (secondary N) is 1. The normalized spacial score (nSPS) is 10.8. The van der Waals surface area contributed by atoms with Gasteiger partial charge in [-0.15, -0.1) is 0 Å². The van der Waals surface area contributed by atoms with Crippen molar-refractivity contribution in [2.24, 2.45) is 0 Å². The largest absolute Gasteiger partial charge is 0.347 e. The van der Waals surface area contributed by atoms with Crippen LogP contribution in [0.15, 0.2) is 23.1 Å². The van der Waals surface area contributed by atoms with Crippen molar-refractivity contribution in [2.75, 3.05) is 0 Å². The average molecular weight is 163 g/mol. The summed E-state index contributed by atoms with van der Waals surface area (Å²) in [5.41, 5.74) is 1.67. The third-order valence-electron chi connectivity index (χ3n) is 1.89. The molecule has 0 radical (unpaired) electrons. The number of rotatable bonds is 1. The second-order valence-electron chi connectivity index (χ2n) is 2.65. The maximum atomic E-state index is 11.0. The number of aromatic amines is 1. The van der Waals surface area contributed by atoms with Gasteiger partial charge < -0.3 is 0 Å². The fourth-order valence-corrected chi connectivity index (χ4v) is 1.17. The van der Waals surface area contributed by atoms with Crippen LogP contribution in [0.5, 0.6) is 0 Å². The van der Waals surface area contributed by atoms with E-state index in [9.17, 15) is 4.79 Å². The highest BCUT2D eigenvalue weighted by Gasteiger charge is 1.98. The van der Waals surface area contributed by atoms with Crippen molar-refractivity contribution < 1.29 is 0 Å². The summed E-state index contributed by atoms with van der Waals surface area (Å²) in [6.07, 6.45) is 2.69. The quantitative estimate of drug-likeness (QED) is 0.668. The van der Waals surface area contributed by atoms with E-state index in [0.717, 1.165) is 6.42 Å². The van der Waals surface area contributed by atoms with E-state index in [1.54, 1.807) is 6.20 Å². The highest BCUT2D eigenvalue weighted by molar-refractivity contribution is 5.39. The maximum Gasteiger partial charge on any atom is 0.347 e. The van der Waals surface area contributed by atoms with Gasteiger partial charge in [-0.1, -0.05) is 6.92 Å². The average Bonchev–Trinajstić information content (AvgIpc) is 2.47. The molecule has 0 spiro atoms. The van der Waals surface area contributed by atoms with E-state index in [1.807, 2.05) is 12.1 Å². The number of fused-ring (bicyclic) bond motifs is 1. The van der Waals surface area contributed by atoms with Gasteiger partial charge in [-0.25, -0.2) is 9.89 Å². The Hall–Kier alpha value is -1.58. The topological polar surface area (TPSA) is 50.2 Å². The molecule has 0 aliphatic carbocycles. The molecule has 62 valence electrons. The van der Waals surface area contributed by atoms with Gasteiger partial charge in [-0.2, -0.15) is 5.10 Å². The molecule has 0 aliphatic heterocycles. The van der Waals surface area contributed by atoms with Gasteiger partial charge in [0, 0.05) is 6.20 Å². The van der Waals surface area contributed by atoms with Crippen LogP contribution in [0.1, 0.15) is 12.5 Å². The molecule has 0 unspecified atom stereocenters. The van der Waals surface area contributed by atoms with Gasteiger partial charge in [-0.3, -0.25) is 4.40 Å². The molecule has 12 heavy (non-hydrogen) atoms. The van der Waals surface area contributed by atoms with E-state index in [2.05, 4.69) is 17.1 Å². The lowest BCUT2D eigenvalue weighted by Gasteiger charge is -1.94. The molecule has 0 aliphatic rings. The van der Waals surface area contributed by atoms with Gasteiger partial charge in [0.05, 0.1) is 0 Å². The summed E-state index contributed by atoms with van der Waals surface area (Å²) in [5, 5.41) is 6.24. The summed E-state index contributed by atoms with van der Waals surface area (Å²) in [7, 11) is 0. The first-order valence-corrected chi connectivity index (χ1v) is 3.87. The minimum absolute atomic E-state index is 0.187. The maximum absolute atomic E-state index is 11.0. The van der Waals surface area contributed by atoms with Crippen molar-refractivity contribution in [3.8, 4) is 0 Å². The van der Waals surface area contributed by atoms with Gasteiger partial charge in [-0.05, 0) is 24.1 Å². The molecule has 0 fully saturated rings. The van der Waals surface area contributed by atoms with Gasteiger partial charge in [0.15, 0.2) is 5.65 Å². The first kappa shape index (κ1) is 7.09. The second kappa shape index (κ2) is 2.48. The van der Waals surface area contributed by atoms with E-state index in [0.29, 0.717) is 5.65 Å². The van der Waals surface area contributed by atoms with Crippen LogP contribution in [0.4, 0.5) is 0 Å². The number of hydrogen-bond donors (Lipinski definition) is 1. The summed E-state index contributed by atoms with van der Waals surface area (Å²) >= 11 is 0. The zero-order valence-electron chi connectivity index (χ0n) is 6.74. The number of aryl methyl sites for hydroxylation is 1. The first-order chi connectivity index (χ1) is 5.81. The Morgan fingerprint density at radius 3 is 3.25 bits per heavy atom. The van der Waals surface area contributed by atoms with E-state index in [1.165, 1.54) is 9.96 Å². The van der Waals surface area contributed by atoms with E-state index >= 15 is 0 Å². The SMILES string of the molecule is CCc1ccn2c(=O)[nH]nc2c1. The molecule has 2 aromatic rings. The Morgan fingerprint density at radius 2 is 2.50 bits per heavy atom. The molecular weight excluding hydrogens is 154 g/mol. The Morgan fingerprint density at radius 1 is 1.67 bits per heavy atom. The van der Waals surface area contributed by atoms with Crippen LogP contribution in [0, 0.1) is 0 Å². The predicted octanol–water partition coefficient (Wildman–Crippen LogP) is 0.585. The Bertz CT molecular complexity index is 455. The molecule has 1 N–H and O–H groups in total. The van der Waals surface area contributed by atoms with Gasteiger partial charge in [0.2, 0.25) is 0 Å². The number of H-pyrrole nitrogens is 1. The highest BCUT2D eigenvalue weighted by Crippen LogP contribution is 2.02. The number of hydrogen-bond acceptors (Lipinski definition) is 2. The van der Waals surface area contributed by atoms with Crippen molar-refractivity contribution in [3.05, 3.63) is 34.4 Å². The van der Waals surface area contributed by atoms with Crippen LogP contribution in [0.2, 0.25) is 0 Å². The standard InChI is InChI=1S/C8H9N3O/c1-2-6-3-4-11-7(5-6)9-10-8(11)12/h3-5H,2H2,1H3,(H,10,12). The highest BCUT2D eigenvalue weighted by atomic mass is 16.1. The third kappa shape index (κ3) is 0.922. The summed E-state index contributed by atoms with van der Waals surface area (Å²) in [6.45, 7) is 2.07. The molecule has 0 saturated heterocycles. The van der Waals surface area contributed by atoms with Crippen LogP contribution in [-0.2, 0) is 6.42 Å². The summed E-state index contributed by atoms with van der Waals surface area (Å²) < 4.78 is 1.49. The van der Waals surface area contributed by atoms with E-state index in [4.69, 9.17) is 0 Å². The Kier molecular flexibility index (Phi) is 1.46.